The van der Waals surface area contributed by atoms with E-state index in [1.54, 1.807) is 6.20 Å². The summed E-state index contributed by atoms with van der Waals surface area (Å²) in [6.45, 7) is 17.7. The molecule has 8 nitrogen and oxygen atoms in total. The standard InChI is InChI=1S/C23H44N6O2/c1-7-27(8-2)13-15-29(16-14-28(9-3)10-4)23(30)25-20-21-11-12-24-22(19-21)31-18-17-26(5)6/h11-12,19H,7-10,13-18,20H2,1-6H3,(H,25,30). The second-order valence-electron chi connectivity index (χ2n) is 7.85. The first-order valence-corrected chi connectivity index (χ1v) is 11.6. The van der Waals surface area contributed by atoms with Gasteiger partial charge in [0.2, 0.25) is 5.88 Å². The minimum atomic E-state index is -0.0220. The predicted molar refractivity (Wildman–Crippen MR) is 128 cm³/mol. The van der Waals surface area contributed by atoms with E-state index in [9.17, 15) is 4.79 Å². The number of carbonyl (C=O) groups excluding carboxylic acids is 1. The highest BCUT2D eigenvalue weighted by Crippen LogP contribution is 2.09. The van der Waals surface area contributed by atoms with Crippen LogP contribution in [-0.2, 0) is 6.54 Å². The van der Waals surface area contributed by atoms with Crippen LogP contribution in [0, 0.1) is 0 Å². The summed E-state index contributed by atoms with van der Waals surface area (Å²) >= 11 is 0. The fourth-order valence-electron chi connectivity index (χ4n) is 3.18. The van der Waals surface area contributed by atoms with Crippen molar-refractivity contribution in [2.75, 3.05) is 79.6 Å². The lowest BCUT2D eigenvalue weighted by atomic mass is 10.2. The first kappa shape index (κ1) is 27.1. The van der Waals surface area contributed by atoms with Crippen molar-refractivity contribution in [1.29, 1.82) is 0 Å². The average molecular weight is 437 g/mol. The lowest BCUT2D eigenvalue weighted by Crippen LogP contribution is -2.46. The average Bonchev–Trinajstić information content (AvgIpc) is 2.77. The van der Waals surface area contributed by atoms with E-state index in [0.717, 1.165) is 64.5 Å². The lowest BCUT2D eigenvalue weighted by Gasteiger charge is -2.29. The first-order valence-electron chi connectivity index (χ1n) is 11.6. The molecule has 1 N–H and O–H groups in total. The highest BCUT2D eigenvalue weighted by atomic mass is 16.5. The van der Waals surface area contributed by atoms with Gasteiger partial charge in [-0.05, 0) is 51.9 Å². The summed E-state index contributed by atoms with van der Waals surface area (Å²) in [4.78, 5) is 25.9. The van der Waals surface area contributed by atoms with Gasteiger partial charge in [0.05, 0.1) is 0 Å². The van der Waals surface area contributed by atoms with Crippen molar-refractivity contribution < 1.29 is 9.53 Å². The Kier molecular flexibility index (Phi) is 13.9. The van der Waals surface area contributed by atoms with Gasteiger partial charge in [0, 0.05) is 51.5 Å². The number of likely N-dealkylation sites (N-methyl/N-ethyl adjacent to an activating group) is 3. The molecule has 178 valence electrons. The lowest BCUT2D eigenvalue weighted by molar-refractivity contribution is 0.172. The molecular formula is C23H44N6O2. The SMILES string of the molecule is CCN(CC)CCN(CCN(CC)CC)C(=O)NCc1ccnc(OCCN(C)C)c1. The van der Waals surface area contributed by atoms with E-state index in [1.165, 1.54) is 0 Å². The summed E-state index contributed by atoms with van der Waals surface area (Å²) in [7, 11) is 4.02. The molecule has 0 bridgehead atoms. The Labute approximate surface area is 189 Å². The molecule has 0 radical (unpaired) electrons. The van der Waals surface area contributed by atoms with Crippen molar-refractivity contribution in [3.05, 3.63) is 23.9 Å². The van der Waals surface area contributed by atoms with E-state index >= 15 is 0 Å². The zero-order valence-electron chi connectivity index (χ0n) is 20.6. The second-order valence-corrected chi connectivity index (χ2v) is 7.85. The number of amides is 2. The van der Waals surface area contributed by atoms with Crippen molar-refractivity contribution in [2.45, 2.75) is 34.2 Å². The van der Waals surface area contributed by atoms with E-state index in [1.807, 2.05) is 31.1 Å². The van der Waals surface area contributed by atoms with Gasteiger partial charge in [0.15, 0.2) is 0 Å². The third-order valence-corrected chi connectivity index (χ3v) is 5.48. The predicted octanol–water partition coefficient (Wildman–Crippen LogP) is 2.22. The number of nitrogens with one attached hydrogen (secondary N) is 1. The fourth-order valence-corrected chi connectivity index (χ4v) is 3.18. The molecule has 0 atom stereocenters. The summed E-state index contributed by atoms with van der Waals surface area (Å²) in [5.41, 5.74) is 0.982. The Morgan fingerprint density at radius 1 is 0.935 bits per heavy atom. The maximum absolute atomic E-state index is 13.0. The maximum atomic E-state index is 13.0. The van der Waals surface area contributed by atoms with Crippen molar-refractivity contribution in [3.8, 4) is 5.88 Å². The molecule has 0 spiro atoms. The van der Waals surface area contributed by atoms with E-state index < -0.39 is 0 Å². The summed E-state index contributed by atoms with van der Waals surface area (Å²) in [6, 6.07) is 3.78. The Morgan fingerprint density at radius 2 is 1.52 bits per heavy atom. The normalized spacial score (nSPS) is 11.4. The van der Waals surface area contributed by atoms with Gasteiger partial charge in [-0.3, -0.25) is 0 Å². The molecule has 1 aromatic rings. The summed E-state index contributed by atoms with van der Waals surface area (Å²) < 4.78 is 5.70. The molecule has 0 unspecified atom stereocenters. The number of hydrogen-bond donors (Lipinski definition) is 1. The van der Waals surface area contributed by atoms with Crippen LogP contribution in [0.4, 0.5) is 4.79 Å². The van der Waals surface area contributed by atoms with Gasteiger partial charge in [-0.25, -0.2) is 9.78 Å². The number of hydrogen-bond acceptors (Lipinski definition) is 6. The highest BCUT2D eigenvalue weighted by Gasteiger charge is 2.15. The molecule has 0 aliphatic carbocycles. The van der Waals surface area contributed by atoms with Gasteiger partial charge >= 0.3 is 6.03 Å². The Balaban J connectivity index is 2.65. The topological polar surface area (TPSA) is 64.2 Å². The van der Waals surface area contributed by atoms with Crippen LogP contribution in [0.25, 0.3) is 0 Å². The van der Waals surface area contributed by atoms with Crippen LogP contribution in [0.15, 0.2) is 18.3 Å². The van der Waals surface area contributed by atoms with Gasteiger partial charge in [0.25, 0.3) is 0 Å². The van der Waals surface area contributed by atoms with Gasteiger partial charge < -0.3 is 29.7 Å². The quantitative estimate of drug-likeness (QED) is 0.429. The van der Waals surface area contributed by atoms with Crippen LogP contribution in [0.3, 0.4) is 0 Å². The summed E-state index contributed by atoms with van der Waals surface area (Å²) in [6.07, 6.45) is 1.73. The van der Waals surface area contributed by atoms with E-state index in [0.29, 0.717) is 19.0 Å². The number of aromatic nitrogens is 1. The van der Waals surface area contributed by atoms with Crippen LogP contribution in [0.2, 0.25) is 0 Å². The Bertz CT molecular complexity index is 589. The zero-order chi connectivity index (χ0) is 23.1. The smallest absolute Gasteiger partial charge is 0.317 e. The summed E-state index contributed by atoms with van der Waals surface area (Å²) in [5, 5.41) is 3.08. The number of rotatable bonds is 16. The van der Waals surface area contributed by atoms with Gasteiger partial charge in [-0.15, -0.1) is 0 Å². The van der Waals surface area contributed by atoms with E-state index in [-0.39, 0.29) is 6.03 Å². The Morgan fingerprint density at radius 3 is 2.03 bits per heavy atom. The van der Waals surface area contributed by atoms with Crippen LogP contribution < -0.4 is 10.1 Å². The molecule has 1 aromatic heterocycles. The molecule has 0 aliphatic heterocycles. The molecule has 0 aromatic carbocycles. The number of carbonyl (C=O) groups is 1. The highest BCUT2D eigenvalue weighted by molar-refractivity contribution is 5.74. The van der Waals surface area contributed by atoms with Gasteiger partial charge in [-0.1, -0.05) is 27.7 Å². The molecule has 0 aliphatic rings. The van der Waals surface area contributed by atoms with Gasteiger partial charge in [-0.2, -0.15) is 0 Å². The molecule has 31 heavy (non-hydrogen) atoms. The molecule has 0 fully saturated rings. The van der Waals surface area contributed by atoms with E-state index in [4.69, 9.17) is 4.74 Å². The third-order valence-electron chi connectivity index (χ3n) is 5.48. The number of nitrogens with zero attached hydrogens (tertiary/aromatic N) is 5. The zero-order valence-corrected chi connectivity index (χ0v) is 20.6. The fraction of sp³-hybridized carbons (Fsp3) is 0.739. The molecule has 0 saturated carbocycles. The molecule has 1 rings (SSSR count). The summed E-state index contributed by atoms with van der Waals surface area (Å²) in [5.74, 6) is 0.591. The van der Waals surface area contributed by atoms with Crippen molar-refractivity contribution in [3.63, 3.8) is 0 Å². The molecule has 8 heteroatoms. The van der Waals surface area contributed by atoms with Crippen LogP contribution in [0.5, 0.6) is 5.88 Å². The van der Waals surface area contributed by atoms with Crippen molar-refractivity contribution in [1.82, 2.24) is 29.9 Å². The largest absolute Gasteiger partial charge is 0.476 e. The van der Waals surface area contributed by atoms with E-state index in [2.05, 4.69) is 52.7 Å². The molecular weight excluding hydrogens is 392 g/mol. The van der Waals surface area contributed by atoms with Crippen LogP contribution >= 0.6 is 0 Å². The number of pyridine rings is 1. The molecule has 0 saturated heterocycles. The molecule has 2 amide bonds. The number of ether oxygens (including phenoxy) is 1. The van der Waals surface area contributed by atoms with Crippen LogP contribution in [-0.4, -0.2) is 110 Å². The number of urea groups is 1. The monoisotopic (exact) mass is 436 g/mol. The first-order chi connectivity index (χ1) is 14.9. The molecule has 1 heterocycles. The van der Waals surface area contributed by atoms with Gasteiger partial charge in [0.1, 0.15) is 6.61 Å². The minimum absolute atomic E-state index is 0.0220. The van der Waals surface area contributed by atoms with Crippen molar-refractivity contribution in [2.24, 2.45) is 0 Å². The maximum Gasteiger partial charge on any atom is 0.317 e. The third kappa shape index (κ3) is 11.3. The second kappa shape index (κ2) is 15.8. The van der Waals surface area contributed by atoms with Crippen molar-refractivity contribution >= 4 is 6.03 Å². The Hall–Kier alpha value is -1.90. The van der Waals surface area contributed by atoms with Crippen LogP contribution in [0.1, 0.15) is 33.3 Å². The minimum Gasteiger partial charge on any atom is -0.476 e.